The maximum Gasteiger partial charge on any atom is 0.213 e. The highest BCUT2D eigenvalue weighted by Gasteiger charge is 2.35. The van der Waals surface area contributed by atoms with Crippen molar-refractivity contribution < 1.29 is 9.53 Å². The molecule has 90 valence electrons. The topological polar surface area (TPSA) is 44.1 Å². The van der Waals surface area contributed by atoms with Gasteiger partial charge in [-0.05, 0) is 20.3 Å². The molecule has 16 heavy (non-hydrogen) atoms. The van der Waals surface area contributed by atoms with Gasteiger partial charge in [0.2, 0.25) is 5.78 Å². The average Bonchev–Trinajstić information content (AvgIpc) is 2.58. The molecular weight excluding hydrogens is 228 g/mol. The number of carbonyl (C=O) groups is 1. The third kappa shape index (κ3) is 2.28. The number of aryl methyl sites for hydroxylation is 1. The van der Waals surface area contributed by atoms with Gasteiger partial charge in [-0.1, -0.05) is 18.5 Å². The molecule has 0 aliphatic heterocycles. The Bertz CT molecular complexity index is 370. The van der Waals surface area contributed by atoms with Gasteiger partial charge in [-0.2, -0.15) is 5.10 Å². The summed E-state index contributed by atoms with van der Waals surface area (Å²) in [6, 6.07) is 0. The first kappa shape index (κ1) is 13.2. The van der Waals surface area contributed by atoms with E-state index in [4.69, 9.17) is 16.3 Å². The third-order valence-electron chi connectivity index (χ3n) is 2.73. The first-order chi connectivity index (χ1) is 7.46. The van der Waals surface area contributed by atoms with Crippen molar-refractivity contribution in [3.63, 3.8) is 0 Å². The van der Waals surface area contributed by atoms with E-state index in [2.05, 4.69) is 5.10 Å². The molecule has 0 bridgehead atoms. The lowest BCUT2D eigenvalue weighted by molar-refractivity contribution is -0.0122. The lowest BCUT2D eigenvalue weighted by Gasteiger charge is -2.26. The van der Waals surface area contributed by atoms with Crippen LogP contribution < -0.4 is 0 Å². The number of rotatable bonds is 5. The van der Waals surface area contributed by atoms with Crippen molar-refractivity contribution in [2.24, 2.45) is 7.05 Å². The quantitative estimate of drug-likeness (QED) is 0.748. The van der Waals surface area contributed by atoms with E-state index in [1.165, 1.54) is 10.9 Å². The maximum atomic E-state index is 12.3. The van der Waals surface area contributed by atoms with Crippen LogP contribution in [0, 0.1) is 0 Å². The van der Waals surface area contributed by atoms with Crippen LogP contribution in [-0.4, -0.2) is 27.8 Å². The molecule has 0 aromatic carbocycles. The zero-order valence-electron chi connectivity index (χ0n) is 10.1. The molecule has 0 aliphatic carbocycles. The average molecular weight is 245 g/mol. The second-order valence-corrected chi connectivity index (χ2v) is 4.22. The molecule has 0 spiro atoms. The molecule has 1 rings (SSSR count). The van der Waals surface area contributed by atoms with E-state index in [0.717, 1.165) is 0 Å². The SMILES string of the molecule is CCOC(C)(CC)C(=O)c1c(Cl)cnn1C. The van der Waals surface area contributed by atoms with E-state index in [1.54, 1.807) is 14.0 Å². The first-order valence-electron chi connectivity index (χ1n) is 5.32. The number of carbonyl (C=O) groups excluding carboxylic acids is 1. The largest absolute Gasteiger partial charge is 0.367 e. The molecule has 0 aliphatic rings. The van der Waals surface area contributed by atoms with Gasteiger partial charge < -0.3 is 4.74 Å². The number of halogens is 1. The van der Waals surface area contributed by atoms with E-state index in [-0.39, 0.29) is 5.78 Å². The van der Waals surface area contributed by atoms with E-state index in [9.17, 15) is 4.79 Å². The van der Waals surface area contributed by atoms with Crippen molar-refractivity contribution in [2.45, 2.75) is 32.8 Å². The third-order valence-corrected chi connectivity index (χ3v) is 3.00. The highest BCUT2D eigenvalue weighted by molar-refractivity contribution is 6.34. The number of nitrogens with zero attached hydrogens (tertiary/aromatic N) is 2. The molecule has 1 atom stereocenters. The molecule has 0 radical (unpaired) electrons. The molecule has 0 amide bonds. The van der Waals surface area contributed by atoms with Crippen LogP contribution in [0.3, 0.4) is 0 Å². The van der Waals surface area contributed by atoms with Crippen LogP contribution in [-0.2, 0) is 11.8 Å². The van der Waals surface area contributed by atoms with E-state index in [0.29, 0.717) is 23.7 Å². The predicted octanol–water partition coefficient (Wildman–Crippen LogP) is 2.46. The Balaban J connectivity index is 3.09. The minimum atomic E-state index is -0.827. The van der Waals surface area contributed by atoms with Gasteiger partial charge in [0.1, 0.15) is 11.3 Å². The van der Waals surface area contributed by atoms with Crippen molar-refractivity contribution in [3.8, 4) is 0 Å². The summed E-state index contributed by atoms with van der Waals surface area (Å²) in [6.07, 6.45) is 2.07. The fourth-order valence-corrected chi connectivity index (χ4v) is 1.82. The summed E-state index contributed by atoms with van der Waals surface area (Å²) in [4.78, 5) is 12.3. The van der Waals surface area contributed by atoms with Gasteiger partial charge in [0.05, 0.1) is 11.2 Å². The zero-order chi connectivity index (χ0) is 12.3. The van der Waals surface area contributed by atoms with Crippen LogP contribution >= 0.6 is 11.6 Å². The number of hydrogen-bond acceptors (Lipinski definition) is 3. The molecule has 0 fully saturated rings. The van der Waals surface area contributed by atoms with Crippen molar-refractivity contribution >= 4 is 17.4 Å². The molecule has 0 N–H and O–H groups in total. The fraction of sp³-hybridized carbons (Fsp3) is 0.636. The van der Waals surface area contributed by atoms with Crippen LogP contribution in [0.1, 0.15) is 37.7 Å². The summed E-state index contributed by atoms with van der Waals surface area (Å²) in [7, 11) is 1.70. The summed E-state index contributed by atoms with van der Waals surface area (Å²) in [5.41, 5.74) is -0.425. The molecular formula is C11H17ClN2O2. The molecule has 0 saturated carbocycles. The molecule has 0 saturated heterocycles. The normalized spacial score (nSPS) is 14.8. The second kappa shape index (κ2) is 4.97. The molecule has 5 heteroatoms. The number of aromatic nitrogens is 2. The van der Waals surface area contributed by atoms with Crippen LogP contribution in [0.25, 0.3) is 0 Å². The summed E-state index contributed by atoms with van der Waals surface area (Å²) in [6.45, 7) is 6.05. The Kier molecular flexibility index (Phi) is 4.10. The summed E-state index contributed by atoms with van der Waals surface area (Å²) in [5, 5.41) is 4.32. The summed E-state index contributed by atoms with van der Waals surface area (Å²) >= 11 is 5.94. The monoisotopic (exact) mass is 244 g/mol. The highest BCUT2D eigenvalue weighted by atomic mass is 35.5. The maximum absolute atomic E-state index is 12.3. The molecule has 1 unspecified atom stereocenters. The Labute approximate surface area is 101 Å². The van der Waals surface area contributed by atoms with Gasteiger partial charge in [0.15, 0.2) is 0 Å². The van der Waals surface area contributed by atoms with E-state index >= 15 is 0 Å². The van der Waals surface area contributed by atoms with Crippen LogP contribution in [0.5, 0.6) is 0 Å². The highest BCUT2D eigenvalue weighted by Crippen LogP contribution is 2.25. The van der Waals surface area contributed by atoms with E-state index < -0.39 is 5.60 Å². The van der Waals surface area contributed by atoms with Gasteiger partial charge >= 0.3 is 0 Å². The first-order valence-corrected chi connectivity index (χ1v) is 5.70. The molecule has 1 heterocycles. The Morgan fingerprint density at radius 3 is 2.62 bits per heavy atom. The van der Waals surface area contributed by atoms with Crippen LogP contribution in [0.15, 0.2) is 6.20 Å². The van der Waals surface area contributed by atoms with Gasteiger partial charge in [0.25, 0.3) is 0 Å². The summed E-state index contributed by atoms with van der Waals surface area (Å²) < 4.78 is 7.01. The van der Waals surface area contributed by atoms with Crippen LogP contribution in [0.4, 0.5) is 0 Å². The molecule has 1 aromatic rings. The van der Waals surface area contributed by atoms with Crippen molar-refractivity contribution in [3.05, 3.63) is 16.9 Å². The summed E-state index contributed by atoms with van der Waals surface area (Å²) in [5.74, 6) is -0.123. The molecule has 1 aromatic heterocycles. The Morgan fingerprint density at radius 1 is 1.62 bits per heavy atom. The minimum Gasteiger partial charge on any atom is -0.367 e. The standard InChI is InChI=1S/C11H17ClN2O2/c1-5-11(3,16-6-2)10(15)9-8(12)7-13-14(9)4/h7H,5-6H2,1-4H3. The van der Waals surface area contributed by atoms with Gasteiger partial charge in [0, 0.05) is 13.7 Å². The number of Topliss-reactive ketones (excluding diaryl/α,β-unsaturated/α-hetero) is 1. The number of ketones is 1. The Morgan fingerprint density at radius 2 is 2.25 bits per heavy atom. The fourth-order valence-electron chi connectivity index (χ4n) is 1.56. The second-order valence-electron chi connectivity index (χ2n) is 3.81. The van der Waals surface area contributed by atoms with E-state index in [1.807, 2.05) is 13.8 Å². The van der Waals surface area contributed by atoms with Crippen molar-refractivity contribution in [2.75, 3.05) is 6.61 Å². The number of hydrogen-bond donors (Lipinski definition) is 0. The predicted molar refractivity (Wildman–Crippen MR) is 62.9 cm³/mol. The smallest absolute Gasteiger partial charge is 0.213 e. The zero-order valence-corrected chi connectivity index (χ0v) is 10.8. The van der Waals surface area contributed by atoms with Crippen LogP contribution in [0.2, 0.25) is 5.02 Å². The lowest BCUT2D eigenvalue weighted by Crippen LogP contribution is -2.39. The van der Waals surface area contributed by atoms with Crippen molar-refractivity contribution in [1.82, 2.24) is 9.78 Å². The molecule has 4 nitrogen and oxygen atoms in total. The number of ether oxygens (including phenoxy) is 1. The van der Waals surface area contributed by atoms with Crippen molar-refractivity contribution in [1.29, 1.82) is 0 Å². The van der Waals surface area contributed by atoms with Gasteiger partial charge in [-0.3, -0.25) is 9.48 Å². The lowest BCUT2D eigenvalue weighted by atomic mass is 9.95. The van der Waals surface area contributed by atoms with Gasteiger partial charge in [-0.15, -0.1) is 0 Å². The van der Waals surface area contributed by atoms with Gasteiger partial charge in [-0.25, -0.2) is 0 Å². The Hall–Kier alpha value is -0.870. The minimum absolute atomic E-state index is 0.123.